The second-order valence-corrected chi connectivity index (χ2v) is 4.97. The van der Waals surface area contributed by atoms with Gasteiger partial charge in [-0.05, 0) is 17.7 Å². The van der Waals surface area contributed by atoms with Crippen molar-refractivity contribution in [3.63, 3.8) is 0 Å². The molecule has 0 spiro atoms. The first-order valence-corrected chi connectivity index (χ1v) is 6.32. The van der Waals surface area contributed by atoms with Crippen molar-refractivity contribution in [1.29, 1.82) is 0 Å². The summed E-state index contributed by atoms with van der Waals surface area (Å²) in [6.45, 7) is 0. The molecule has 3 heterocycles. The number of carbonyl (C=O) groups is 1. The summed E-state index contributed by atoms with van der Waals surface area (Å²) in [5, 5.41) is 0.154. The normalized spacial score (nSPS) is 16.1. The van der Waals surface area contributed by atoms with E-state index in [1.807, 2.05) is 24.5 Å². The summed E-state index contributed by atoms with van der Waals surface area (Å²) in [7, 11) is 0. The summed E-state index contributed by atoms with van der Waals surface area (Å²) in [5.74, 6) is 0.484. The fourth-order valence-corrected chi connectivity index (χ4v) is 3.40. The van der Waals surface area contributed by atoms with Crippen LogP contribution < -0.4 is 5.73 Å². The van der Waals surface area contributed by atoms with Crippen LogP contribution >= 0.6 is 36.6 Å². The van der Waals surface area contributed by atoms with Crippen LogP contribution in [0.4, 0.5) is 0 Å². The Morgan fingerprint density at radius 2 is 2.21 bits per heavy atom. The molecular weight excluding hydrogens is 305 g/mol. The predicted molar refractivity (Wildman–Crippen MR) is 81.1 cm³/mol. The third kappa shape index (κ3) is 2.73. The highest BCUT2D eigenvalue weighted by molar-refractivity contribution is 7.99. The van der Waals surface area contributed by atoms with E-state index in [0.29, 0.717) is 5.56 Å². The summed E-state index contributed by atoms with van der Waals surface area (Å²) in [6, 6.07) is 5.73. The topological polar surface area (TPSA) is 60.9 Å². The molecule has 1 aliphatic heterocycles. The Morgan fingerprint density at radius 3 is 2.84 bits per heavy atom. The van der Waals surface area contributed by atoms with Crippen molar-refractivity contribution in [2.24, 2.45) is 5.73 Å². The summed E-state index contributed by atoms with van der Waals surface area (Å²) < 4.78 is 2.07. The lowest BCUT2D eigenvalue weighted by Crippen LogP contribution is -2.13. The molecule has 0 saturated heterocycles. The van der Waals surface area contributed by atoms with Gasteiger partial charge in [0.25, 0.3) is 5.91 Å². The van der Waals surface area contributed by atoms with Crippen molar-refractivity contribution in [2.45, 2.75) is 11.1 Å². The Morgan fingerprint density at radius 1 is 1.42 bits per heavy atom. The van der Waals surface area contributed by atoms with Crippen molar-refractivity contribution < 1.29 is 4.79 Å². The zero-order valence-corrected chi connectivity index (χ0v) is 12.3. The summed E-state index contributed by atoms with van der Waals surface area (Å²) in [4.78, 5) is 15.5. The molecule has 1 unspecified atom stereocenters. The minimum Gasteiger partial charge on any atom is -0.366 e. The van der Waals surface area contributed by atoms with Crippen LogP contribution in [0, 0.1) is 0 Å². The van der Waals surface area contributed by atoms with E-state index in [2.05, 4.69) is 9.55 Å². The SMILES string of the molecule is Cl.Cl.NC(=O)c1ccn2c1C(c1cccnc1)SC2. The molecule has 2 aromatic heterocycles. The number of primary amides is 1. The molecule has 1 aliphatic rings. The van der Waals surface area contributed by atoms with E-state index in [1.54, 1.807) is 24.0 Å². The van der Waals surface area contributed by atoms with Crippen LogP contribution in [0.5, 0.6) is 0 Å². The van der Waals surface area contributed by atoms with Crippen LogP contribution in [0.3, 0.4) is 0 Å². The minimum atomic E-state index is -0.366. The number of hydrogen-bond acceptors (Lipinski definition) is 3. The molecular formula is C12H13Cl2N3OS. The van der Waals surface area contributed by atoms with Gasteiger partial charge >= 0.3 is 0 Å². The lowest BCUT2D eigenvalue weighted by Gasteiger charge is -2.10. The average Bonchev–Trinajstić information content (AvgIpc) is 2.90. The van der Waals surface area contributed by atoms with Crippen LogP contribution in [0.15, 0.2) is 36.8 Å². The Hall–Kier alpha value is -1.17. The molecule has 0 aliphatic carbocycles. The van der Waals surface area contributed by atoms with Gasteiger partial charge in [0.05, 0.1) is 16.7 Å². The number of thioether (sulfide) groups is 1. The third-order valence-electron chi connectivity index (χ3n) is 2.89. The third-order valence-corrected chi connectivity index (χ3v) is 4.14. The molecule has 0 fully saturated rings. The van der Waals surface area contributed by atoms with Crippen LogP contribution in [-0.2, 0) is 5.88 Å². The number of nitrogens with two attached hydrogens (primary N) is 1. The van der Waals surface area contributed by atoms with Gasteiger partial charge in [-0.15, -0.1) is 36.6 Å². The summed E-state index contributed by atoms with van der Waals surface area (Å²) in [5.41, 5.74) is 8.11. The van der Waals surface area contributed by atoms with Crippen LogP contribution in [0.25, 0.3) is 0 Å². The smallest absolute Gasteiger partial charge is 0.250 e. The van der Waals surface area contributed by atoms with Crippen LogP contribution in [0.2, 0.25) is 0 Å². The molecule has 0 radical (unpaired) electrons. The zero-order valence-electron chi connectivity index (χ0n) is 9.85. The lowest BCUT2D eigenvalue weighted by atomic mass is 10.1. The van der Waals surface area contributed by atoms with Gasteiger partial charge < -0.3 is 10.3 Å². The molecule has 0 saturated carbocycles. The molecule has 102 valence electrons. The number of fused-ring (bicyclic) bond motifs is 1. The number of aromatic nitrogens is 2. The Balaban J connectivity index is 0.000000902. The van der Waals surface area contributed by atoms with Crippen molar-refractivity contribution in [1.82, 2.24) is 9.55 Å². The molecule has 1 atom stereocenters. The van der Waals surface area contributed by atoms with E-state index < -0.39 is 0 Å². The molecule has 2 aromatic rings. The zero-order chi connectivity index (χ0) is 11.8. The molecule has 7 heteroatoms. The van der Waals surface area contributed by atoms with Gasteiger partial charge in [-0.1, -0.05) is 6.07 Å². The quantitative estimate of drug-likeness (QED) is 0.926. The Labute approximate surface area is 127 Å². The molecule has 0 bridgehead atoms. The number of rotatable bonds is 2. The standard InChI is InChI=1S/C12H11N3OS.2ClH/c13-12(16)9-3-5-15-7-17-11(10(9)15)8-2-1-4-14-6-8;;/h1-6,11H,7H2,(H2,13,16);2*1H. The first-order valence-electron chi connectivity index (χ1n) is 5.27. The maximum atomic E-state index is 11.4. The van der Waals surface area contributed by atoms with E-state index in [0.717, 1.165) is 17.1 Å². The van der Waals surface area contributed by atoms with Crippen molar-refractivity contribution in [3.05, 3.63) is 53.6 Å². The number of nitrogens with zero attached hydrogens (tertiary/aromatic N) is 2. The average molecular weight is 318 g/mol. The molecule has 1 amide bonds. The van der Waals surface area contributed by atoms with Crippen LogP contribution in [-0.4, -0.2) is 15.5 Å². The highest BCUT2D eigenvalue weighted by atomic mass is 35.5. The number of pyridine rings is 1. The van der Waals surface area contributed by atoms with Crippen molar-refractivity contribution in [3.8, 4) is 0 Å². The summed E-state index contributed by atoms with van der Waals surface area (Å²) in [6.07, 6.45) is 5.50. The number of halogens is 2. The molecule has 3 rings (SSSR count). The molecule has 19 heavy (non-hydrogen) atoms. The van der Waals surface area contributed by atoms with Gasteiger partial charge in [0, 0.05) is 24.3 Å². The van der Waals surface area contributed by atoms with E-state index in [4.69, 9.17) is 5.73 Å². The first kappa shape index (κ1) is 15.9. The fraction of sp³-hybridized carbons (Fsp3) is 0.167. The van der Waals surface area contributed by atoms with Gasteiger partial charge in [-0.2, -0.15) is 0 Å². The van der Waals surface area contributed by atoms with Crippen molar-refractivity contribution >= 4 is 42.5 Å². The molecule has 2 N–H and O–H groups in total. The minimum absolute atomic E-state index is 0. The maximum Gasteiger partial charge on any atom is 0.250 e. The van der Waals surface area contributed by atoms with E-state index in [1.165, 1.54) is 0 Å². The Bertz CT molecular complexity index is 574. The van der Waals surface area contributed by atoms with Gasteiger partial charge in [-0.3, -0.25) is 9.78 Å². The molecule has 0 aromatic carbocycles. The maximum absolute atomic E-state index is 11.4. The lowest BCUT2D eigenvalue weighted by molar-refractivity contribution is 0.0999. The number of carbonyl (C=O) groups excluding carboxylic acids is 1. The Kier molecular flexibility index (Phi) is 5.29. The van der Waals surface area contributed by atoms with Crippen molar-refractivity contribution in [2.75, 3.05) is 0 Å². The predicted octanol–water partition coefficient (Wildman–Crippen LogP) is 2.62. The summed E-state index contributed by atoms with van der Waals surface area (Å²) >= 11 is 1.78. The fourth-order valence-electron chi connectivity index (χ4n) is 2.12. The van der Waals surface area contributed by atoms with E-state index >= 15 is 0 Å². The van der Waals surface area contributed by atoms with Gasteiger partial charge in [0.2, 0.25) is 0 Å². The van der Waals surface area contributed by atoms with E-state index in [9.17, 15) is 4.79 Å². The first-order chi connectivity index (χ1) is 8.27. The second-order valence-electron chi connectivity index (χ2n) is 3.91. The van der Waals surface area contributed by atoms with Gasteiger partial charge in [0.1, 0.15) is 0 Å². The van der Waals surface area contributed by atoms with E-state index in [-0.39, 0.29) is 36.0 Å². The van der Waals surface area contributed by atoms with Crippen LogP contribution in [0.1, 0.15) is 26.9 Å². The monoisotopic (exact) mass is 317 g/mol. The highest BCUT2D eigenvalue weighted by Gasteiger charge is 2.29. The number of hydrogen-bond donors (Lipinski definition) is 1. The second kappa shape index (κ2) is 6.32. The van der Waals surface area contributed by atoms with Gasteiger partial charge in [0.15, 0.2) is 0 Å². The highest BCUT2D eigenvalue weighted by Crippen LogP contribution is 2.43. The molecule has 4 nitrogen and oxygen atoms in total. The van der Waals surface area contributed by atoms with Gasteiger partial charge in [-0.25, -0.2) is 0 Å². The largest absolute Gasteiger partial charge is 0.366 e. The number of amides is 1.